The number of methoxy groups -OCH3 is 1. The number of ether oxygens (including phenoxy) is 2. The molecule has 2 aromatic rings. The second-order valence-corrected chi connectivity index (χ2v) is 4.72. The third-order valence-corrected chi connectivity index (χ3v) is 3.47. The van der Waals surface area contributed by atoms with Crippen molar-refractivity contribution < 1.29 is 9.47 Å². The molecule has 3 rings (SSSR count). The lowest BCUT2D eigenvalue weighted by molar-refractivity contribution is 0.184. The van der Waals surface area contributed by atoms with Gasteiger partial charge in [-0.1, -0.05) is 25.1 Å². The number of para-hydroxylation sites is 1. The Hall–Kier alpha value is -2.29. The molecule has 0 fully saturated rings. The number of benzene rings is 2. The van der Waals surface area contributed by atoms with Crippen LogP contribution in [0.2, 0.25) is 0 Å². The number of fused-ring (bicyclic) bond motifs is 1. The topological polar surface area (TPSA) is 30.8 Å². The Kier molecular flexibility index (Phi) is 3.42. The predicted octanol–water partition coefficient (Wildman–Crippen LogP) is 4.25. The van der Waals surface area contributed by atoms with E-state index < -0.39 is 0 Å². The van der Waals surface area contributed by atoms with Crippen LogP contribution < -0.4 is 4.74 Å². The second-order valence-electron chi connectivity index (χ2n) is 4.72. The molecule has 0 radical (unpaired) electrons. The maximum absolute atomic E-state index is 6.03. The SMILES string of the molecule is CC[C@H]1OC(c2ccc(OC)cc2)=Nc2ccccc21. The lowest BCUT2D eigenvalue weighted by Crippen LogP contribution is -2.16. The molecule has 2 aromatic carbocycles. The van der Waals surface area contributed by atoms with Gasteiger partial charge in [-0.15, -0.1) is 0 Å². The smallest absolute Gasteiger partial charge is 0.221 e. The molecule has 0 saturated carbocycles. The molecular formula is C17H17NO2. The lowest BCUT2D eigenvalue weighted by atomic mass is 10.0. The summed E-state index contributed by atoms with van der Waals surface area (Å²) < 4.78 is 11.2. The highest BCUT2D eigenvalue weighted by Crippen LogP contribution is 2.35. The first-order chi connectivity index (χ1) is 9.81. The minimum absolute atomic E-state index is 0.0702. The summed E-state index contributed by atoms with van der Waals surface area (Å²) in [5, 5.41) is 0. The molecule has 1 aliphatic rings. The third kappa shape index (κ3) is 2.27. The molecule has 0 spiro atoms. The Morgan fingerprint density at radius 1 is 1.10 bits per heavy atom. The number of aliphatic imine (C=N–C) groups is 1. The van der Waals surface area contributed by atoms with Crippen LogP contribution in [0, 0.1) is 0 Å². The normalized spacial score (nSPS) is 16.9. The van der Waals surface area contributed by atoms with Crippen molar-refractivity contribution in [2.75, 3.05) is 7.11 Å². The average molecular weight is 267 g/mol. The van der Waals surface area contributed by atoms with E-state index in [-0.39, 0.29) is 6.10 Å². The van der Waals surface area contributed by atoms with E-state index in [0.29, 0.717) is 5.90 Å². The molecule has 1 aliphatic heterocycles. The van der Waals surface area contributed by atoms with Gasteiger partial charge in [-0.05, 0) is 36.8 Å². The molecule has 1 atom stereocenters. The average Bonchev–Trinajstić information content (AvgIpc) is 2.54. The van der Waals surface area contributed by atoms with Crippen molar-refractivity contribution in [3.8, 4) is 5.75 Å². The van der Waals surface area contributed by atoms with Gasteiger partial charge in [0.05, 0.1) is 12.8 Å². The van der Waals surface area contributed by atoms with Crippen molar-refractivity contribution in [1.82, 2.24) is 0 Å². The zero-order valence-electron chi connectivity index (χ0n) is 11.7. The number of rotatable bonds is 3. The van der Waals surface area contributed by atoms with Crippen LogP contribution in [0.5, 0.6) is 5.75 Å². The van der Waals surface area contributed by atoms with E-state index in [1.807, 2.05) is 42.5 Å². The monoisotopic (exact) mass is 267 g/mol. The molecule has 102 valence electrons. The van der Waals surface area contributed by atoms with E-state index in [4.69, 9.17) is 9.47 Å². The Bertz CT molecular complexity index is 632. The van der Waals surface area contributed by atoms with Crippen LogP contribution in [0.25, 0.3) is 0 Å². The molecule has 0 N–H and O–H groups in total. The first-order valence-electron chi connectivity index (χ1n) is 6.80. The van der Waals surface area contributed by atoms with Gasteiger partial charge in [0.15, 0.2) is 0 Å². The quantitative estimate of drug-likeness (QED) is 0.832. The van der Waals surface area contributed by atoms with Gasteiger partial charge in [0.2, 0.25) is 5.90 Å². The largest absolute Gasteiger partial charge is 0.497 e. The van der Waals surface area contributed by atoms with E-state index in [0.717, 1.165) is 29.0 Å². The van der Waals surface area contributed by atoms with Crippen molar-refractivity contribution in [3.05, 3.63) is 59.7 Å². The Balaban J connectivity index is 2.00. The van der Waals surface area contributed by atoms with Gasteiger partial charge in [-0.25, -0.2) is 4.99 Å². The summed E-state index contributed by atoms with van der Waals surface area (Å²) in [7, 11) is 1.66. The zero-order valence-corrected chi connectivity index (χ0v) is 11.7. The van der Waals surface area contributed by atoms with Gasteiger partial charge in [-0.3, -0.25) is 0 Å². The van der Waals surface area contributed by atoms with Crippen LogP contribution in [-0.2, 0) is 4.74 Å². The fraction of sp³-hybridized carbons (Fsp3) is 0.235. The van der Waals surface area contributed by atoms with E-state index in [1.165, 1.54) is 0 Å². The van der Waals surface area contributed by atoms with Gasteiger partial charge < -0.3 is 9.47 Å². The molecule has 1 heterocycles. The second kappa shape index (κ2) is 5.37. The fourth-order valence-electron chi connectivity index (χ4n) is 2.37. The summed E-state index contributed by atoms with van der Waals surface area (Å²) >= 11 is 0. The molecule has 3 heteroatoms. The highest BCUT2D eigenvalue weighted by Gasteiger charge is 2.22. The van der Waals surface area contributed by atoms with Gasteiger partial charge in [0.1, 0.15) is 11.9 Å². The molecule has 0 aromatic heterocycles. The Morgan fingerprint density at radius 2 is 1.85 bits per heavy atom. The highest BCUT2D eigenvalue weighted by molar-refractivity contribution is 5.97. The Morgan fingerprint density at radius 3 is 2.55 bits per heavy atom. The highest BCUT2D eigenvalue weighted by atomic mass is 16.5. The number of nitrogens with zero attached hydrogens (tertiary/aromatic N) is 1. The van der Waals surface area contributed by atoms with Gasteiger partial charge >= 0.3 is 0 Å². The summed E-state index contributed by atoms with van der Waals surface area (Å²) in [6.45, 7) is 2.12. The van der Waals surface area contributed by atoms with E-state index >= 15 is 0 Å². The minimum atomic E-state index is 0.0702. The molecule has 20 heavy (non-hydrogen) atoms. The van der Waals surface area contributed by atoms with Crippen LogP contribution in [0.4, 0.5) is 5.69 Å². The predicted molar refractivity (Wildman–Crippen MR) is 79.8 cm³/mol. The summed E-state index contributed by atoms with van der Waals surface area (Å²) in [5.74, 6) is 1.51. The van der Waals surface area contributed by atoms with Gasteiger partial charge in [0.25, 0.3) is 0 Å². The third-order valence-electron chi connectivity index (χ3n) is 3.47. The maximum Gasteiger partial charge on any atom is 0.221 e. The number of hydrogen-bond donors (Lipinski definition) is 0. The van der Waals surface area contributed by atoms with Crippen LogP contribution in [0.15, 0.2) is 53.5 Å². The van der Waals surface area contributed by atoms with Crippen molar-refractivity contribution in [1.29, 1.82) is 0 Å². The molecule has 0 bridgehead atoms. The van der Waals surface area contributed by atoms with E-state index in [9.17, 15) is 0 Å². The standard InChI is InChI=1S/C17H17NO2/c1-3-16-14-6-4-5-7-15(14)18-17(20-16)12-8-10-13(19-2)11-9-12/h4-11,16H,3H2,1-2H3/t16-/m1/s1. The fourth-order valence-corrected chi connectivity index (χ4v) is 2.37. The molecule has 0 amide bonds. The Labute approximate surface area is 118 Å². The molecule has 0 aliphatic carbocycles. The molecular weight excluding hydrogens is 250 g/mol. The zero-order chi connectivity index (χ0) is 13.9. The van der Waals surface area contributed by atoms with Crippen LogP contribution in [0.1, 0.15) is 30.6 Å². The van der Waals surface area contributed by atoms with E-state index in [1.54, 1.807) is 7.11 Å². The minimum Gasteiger partial charge on any atom is -0.497 e. The van der Waals surface area contributed by atoms with Crippen molar-refractivity contribution in [3.63, 3.8) is 0 Å². The van der Waals surface area contributed by atoms with Crippen LogP contribution >= 0.6 is 0 Å². The molecule has 0 unspecified atom stereocenters. The van der Waals surface area contributed by atoms with Gasteiger partial charge in [0, 0.05) is 11.1 Å². The summed E-state index contributed by atoms with van der Waals surface area (Å²) in [6.07, 6.45) is 0.993. The van der Waals surface area contributed by atoms with Crippen LogP contribution in [-0.4, -0.2) is 13.0 Å². The molecule has 3 nitrogen and oxygen atoms in total. The summed E-state index contributed by atoms with van der Waals surface area (Å²) in [5.41, 5.74) is 3.13. The number of hydrogen-bond acceptors (Lipinski definition) is 3. The van der Waals surface area contributed by atoms with Crippen molar-refractivity contribution in [2.24, 2.45) is 4.99 Å². The summed E-state index contributed by atoms with van der Waals surface area (Å²) in [6, 6.07) is 15.9. The first kappa shape index (κ1) is 12.7. The maximum atomic E-state index is 6.03. The van der Waals surface area contributed by atoms with Gasteiger partial charge in [-0.2, -0.15) is 0 Å². The van der Waals surface area contributed by atoms with E-state index in [2.05, 4.69) is 18.0 Å². The lowest BCUT2D eigenvalue weighted by Gasteiger charge is -2.25. The molecule has 0 saturated heterocycles. The first-order valence-corrected chi connectivity index (χ1v) is 6.80. The van der Waals surface area contributed by atoms with Crippen LogP contribution in [0.3, 0.4) is 0 Å². The van der Waals surface area contributed by atoms with Crippen molar-refractivity contribution >= 4 is 11.6 Å². The van der Waals surface area contributed by atoms with Crippen molar-refractivity contribution in [2.45, 2.75) is 19.4 Å². The summed E-state index contributed by atoms with van der Waals surface area (Å²) in [4.78, 5) is 4.62.